The van der Waals surface area contributed by atoms with Gasteiger partial charge in [-0.2, -0.15) is 0 Å². The van der Waals surface area contributed by atoms with E-state index in [0.717, 1.165) is 12.8 Å². The first-order chi connectivity index (χ1) is 9.90. The number of aryl methyl sites for hydroxylation is 1. The average molecular weight is 293 g/mol. The van der Waals surface area contributed by atoms with E-state index in [9.17, 15) is 9.90 Å². The van der Waals surface area contributed by atoms with Crippen molar-refractivity contribution < 1.29 is 9.90 Å². The van der Waals surface area contributed by atoms with Crippen LogP contribution >= 0.6 is 0 Å². The molecule has 2 amide bonds. The van der Waals surface area contributed by atoms with Gasteiger partial charge in [-0.15, -0.1) is 0 Å². The normalized spacial score (nSPS) is 11.9. The fraction of sp³-hybridized carbons (Fsp3) is 0.562. The monoisotopic (exact) mass is 293 g/mol. The number of amides is 2. The number of hydrogen-bond acceptors (Lipinski definition) is 3. The van der Waals surface area contributed by atoms with Crippen LogP contribution in [0.25, 0.3) is 0 Å². The first kappa shape index (κ1) is 17.3. The zero-order chi connectivity index (χ0) is 15.8. The number of aliphatic hydroxyl groups excluding tert-OH is 1. The second-order valence-electron chi connectivity index (χ2n) is 5.63. The van der Waals surface area contributed by atoms with E-state index in [0.29, 0.717) is 13.1 Å². The Morgan fingerprint density at radius 3 is 2.38 bits per heavy atom. The molecule has 0 saturated heterocycles. The maximum atomic E-state index is 11.7. The van der Waals surface area contributed by atoms with Crippen molar-refractivity contribution in [3.8, 4) is 0 Å². The molecule has 21 heavy (non-hydrogen) atoms. The molecule has 0 fully saturated rings. The van der Waals surface area contributed by atoms with Crippen LogP contribution in [0.15, 0.2) is 24.3 Å². The van der Waals surface area contributed by atoms with Crippen LogP contribution in [0.2, 0.25) is 0 Å². The number of aliphatic hydroxyl groups is 1. The number of carbonyl (C=O) groups is 1. The lowest BCUT2D eigenvalue weighted by molar-refractivity contribution is 0.144. The van der Waals surface area contributed by atoms with E-state index in [1.165, 1.54) is 16.2 Å². The average Bonchev–Trinajstić information content (AvgIpc) is 2.43. The van der Waals surface area contributed by atoms with Crippen molar-refractivity contribution >= 4 is 11.7 Å². The summed E-state index contributed by atoms with van der Waals surface area (Å²) in [4.78, 5) is 15.3. The molecule has 5 nitrogen and oxygen atoms in total. The van der Waals surface area contributed by atoms with Crippen LogP contribution in [-0.2, 0) is 6.42 Å². The summed E-state index contributed by atoms with van der Waals surface area (Å²) in [6.07, 6.45) is 1.33. The molecule has 0 radical (unpaired) electrons. The predicted octanol–water partition coefficient (Wildman–Crippen LogP) is 1.71. The number of anilines is 1. The van der Waals surface area contributed by atoms with E-state index in [4.69, 9.17) is 0 Å². The van der Waals surface area contributed by atoms with Gasteiger partial charge in [0.2, 0.25) is 0 Å². The highest BCUT2D eigenvalue weighted by atomic mass is 16.3. The molecule has 1 unspecified atom stereocenters. The Morgan fingerprint density at radius 1 is 1.24 bits per heavy atom. The van der Waals surface area contributed by atoms with E-state index >= 15 is 0 Å². The van der Waals surface area contributed by atoms with Crippen molar-refractivity contribution in [3.05, 3.63) is 29.8 Å². The van der Waals surface area contributed by atoms with Gasteiger partial charge < -0.3 is 20.2 Å². The first-order valence-electron chi connectivity index (χ1n) is 7.33. The molecule has 0 aliphatic rings. The summed E-state index contributed by atoms with van der Waals surface area (Å²) in [6, 6.07) is 8.31. The van der Waals surface area contributed by atoms with Crippen LogP contribution in [0.1, 0.15) is 18.9 Å². The predicted molar refractivity (Wildman–Crippen MR) is 86.8 cm³/mol. The number of carbonyl (C=O) groups excluding carboxylic acids is 1. The molecule has 1 aromatic rings. The Morgan fingerprint density at radius 2 is 1.86 bits per heavy atom. The van der Waals surface area contributed by atoms with Gasteiger partial charge in [-0.25, -0.2) is 4.79 Å². The molecule has 1 atom stereocenters. The highest BCUT2D eigenvalue weighted by Crippen LogP contribution is 2.13. The quantitative estimate of drug-likeness (QED) is 0.753. The maximum Gasteiger partial charge on any atom is 0.317 e. The maximum absolute atomic E-state index is 11.7. The van der Waals surface area contributed by atoms with Crippen molar-refractivity contribution in [2.75, 3.05) is 39.1 Å². The van der Waals surface area contributed by atoms with Crippen molar-refractivity contribution in [1.82, 2.24) is 10.2 Å². The Balaban J connectivity index is 2.26. The Kier molecular flexibility index (Phi) is 7.02. The molecule has 1 rings (SSSR count). The topological polar surface area (TPSA) is 55.8 Å². The van der Waals surface area contributed by atoms with Gasteiger partial charge >= 0.3 is 6.03 Å². The Labute approximate surface area is 127 Å². The minimum absolute atomic E-state index is 0.140. The van der Waals surface area contributed by atoms with Gasteiger partial charge in [0.1, 0.15) is 0 Å². The summed E-state index contributed by atoms with van der Waals surface area (Å²) in [7, 11) is 5.73. The van der Waals surface area contributed by atoms with E-state index in [1.54, 1.807) is 14.0 Å². The van der Waals surface area contributed by atoms with Crippen LogP contribution in [0.5, 0.6) is 0 Å². The van der Waals surface area contributed by atoms with E-state index in [1.807, 2.05) is 14.1 Å². The van der Waals surface area contributed by atoms with Gasteiger partial charge in [0.05, 0.1) is 6.10 Å². The summed E-state index contributed by atoms with van der Waals surface area (Å²) in [6.45, 7) is 2.65. The van der Waals surface area contributed by atoms with E-state index < -0.39 is 6.10 Å². The highest BCUT2D eigenvalue weighted by molar-refractivity contribution is 5.73. The number of benzene rings is 1. The summed E-state index contributed by atoms with van der Waals surface area (Å²) in [5.41, 5.74) is 2.46. The lowest BCUT2D eigenvalue weighted by Gasteiger charge is -2.19. The van der Waals surface area contributed by atoms with Crippen molar-refractivity contribution in [1.29, 1.82) is 0 Å². The molecule has 0 aliphatic heterocycles. The first-order valence-corrected chi connectivity index (χ1v) is 7.33. The van der Waals surface area contributed by atoms with E-state index in [2.05, 4.69) is 34.5 Å². The van der Waals surface area contributed by atoms with Crippen LogP contribution in [0.4, 0.5) is 10.5 Å². The molecule has 2 N–H and O–H groups in total. The van der Waals surface area contributed by atoms with Crippen LogP contribution in [-0.4, -0.2) is 56.4 Å². The third-order valence-electron chi connectivity index (χ3n) is 3.26. The molecule has 0 bridgehead atoms. The van der Waals surface area contributed by atoms with Crippen molar-refractivity contribution in [2.24, 2.45) is 0 Å². The van der Waals surface area contributed by atoms with Crippen LogP contribution in [0.3, 0.4) is 0 Å². The Hall–Kier alpha value is -1.75. The van der Waals surface area contributed by atoms with Crippen LogP contribution < -0.4 is 10.2 Å². The molecule has 0 spiro atoms. The lowest BCUT2D eigenvalue weighted by Crippen LogP contribution is -2.41. The summed E-state index contributed by atoms with van der Waals surface area (Å²) >= 11 is 0. The van der Waals surface area contributed by atoms with Gasteiger partial charge in [-0.1, -0.05) is 12.1 Å². The third-order valence-corrected chi connectivity index (χ3v) is 3.26. The van der Waals surface area contributed by atoms with Gasteiger partial charge in [-0.3, -0.25) is 0 Å². The van der Waals surface area contributed by atoms with Crippen molar-refractivity contribution in [2.45, 2.75) is 25.9 Å². The number of hydrogen-bond donors (Lipinski definition) is 2. The fourth-order valence-electron chi connectivity index (χ4n) is 2.06. The molecule has 118 valence electrons. The second kappa shape index (κ2) is 8.52. The number of likely N-dealkylation sites (N-methyl/N-ethyl adjacent to an activating group) is 1. The smallest absolute Gasteiger partial charge is 0.317 e. The SMILES string of the molecule is CC(O)CN(C)C(=O)NCCCc1ccc(N(C)C)cc1. The van der Waals surface area contributed by atoms with Gasteiger partial charge in [-0.05, 0) is 37.5 Å². The Bertz CT molecular complexity index is 430. The minimum Gasteiger partial charge on any atom is -0.392 e. The second-order valence-corrected chi connectivity index (χ2v) is 5.63. The van der Waals surface area contributed by atoms with Gasteiger partial charge in [0, 0.05) is 39.9 Å². The molecular weight excluding hydrogens is 266 g/mol. The number of rotatable bonds is 7. The molecule has 5 heteroatoms. The molecule has 0 saturated carbocycles. The third kappa shape index (κ3) is 6.49. The standard InChI is InChI=1S/C16H27N3O2/c1-13(20)12-19(4)16(21)17-11-5-6-14-7-9-15(10-8-14)18(2)3/h7-10,13,20H,5-6,11-12H2,1-4H3,(H,17,21). The molecule has 1 aromatic carbocycles. The van der Waals surface area contributed by atoms with Gasteiger partial charge in [0.25, 0.3) is 0 Å². The zero-order valence-corrected chi connectivity index (χ0v) is 13.5. The van der Waals surface area contributed by atoms with Crippen LogP contribution in [0, 0.1) is 0 Å². The summed E-state index contributed by atoms with van der Waals surface area (Å²) in [5, 5.41) is 12.1. The lowest BCUT2D eigenvalue weighted by atomic mass is 10.1. The molecular formula is C16H27N3O2. The minimum atomic E-state index is -0.504. The zero-order valence-electron chi connectivity index (χ0n) is 13.5. The number of nitrogens with one attached hydrogen (secondary N) is 1. The molecule has 0 aliphatic carbocycles. The van der Waals surface area contributed by atoms with Crippen molar-refractivity contribution in [3.63, 3.8) is 0 Å². The molecule has 0 heterocycles. The number of urea groups is 1. The summed E-state index contributed by atoms with van der Waals surface area (Å²) in [5.74, 6) is 0. The van der Waals surface area contributed by atoms with E-state index in [-0.39, 0.29) is 6.03 Å². The number of nitrogens with zero attached hydrogens (tertiary/aromatic N) is 2. The van der Waals surface area contributed by atoms with Gasteiger partial charge in [0.15, 0.2) is 0 Å². The fourth-order valence-corrected chi connectivity index (χ4v) is 2.06. The molecule has 0 aromatic heterocycles. The highest BCUT2D eigenvalue weighted by Gasteiger charge is 2.09. The largest absolute Gasteiger partial charge is 0.392 e. The summed E-state index contributed by atoms with van der Waals surface area (Å²) < 4.78 is 0.